The van der Waals surface area contributed by atoms with Crippen LogP contribution in [0.1, 0.15) is 34.3 Å². The van der Waals surface area contributed by atoms with Crippen LogP contribution in [0.15, 0.2) is 42.5 Å². The van der Waals surface area contributed by atoms with Crippen LogP contribution in [0.25, 0.3) is 0 Å². The molecule has 0 heterocycles. The minimum atomic E-state index is -0.264. The quantitative estimate of drug-likeness (QED) is 0.850. The van der Waals surface area contributed by atoms with Crippen LogP contribution in [0.3, 0.4) is 0 Å². The van der Waals surface area contributed by atoms with Gasteiger partial charge in [-0.2, -0.15) is 0 Å². The third-order valence-electron chi connectivity index (χ3n) is 4.01. The maximum atomic E-state index is 12.1. The van der Waals surface area contributed by atoms with Gasteiger partial charge in [-0.05, 0) is 56.5 Å². The second-order valence-electron chi connectivity index (χ2n) is 6.43. The first-order valence-electron chi connectivity index (χ1n) is 8.42. The summed E-state index contributed by atoms with van der Waals surface area (Å²) in [6.45, 7) is 3.88. The summed E-state index contributed by atoms with van der Waals surface area (Å²) in [6, 6.07) is 13.0. The van der Waals surface area contributed by atoms with Crippen LogP contribution in [-0.2, 0) is 4.79 Å². The van der Waals surface area contributed by atoms with E-state index in [0.29, 0.717) is 23.0 Å². The molecule has 2 aromatic rings. The van der Waals surface area contributed by atoms with Crippen molar-refractivity contribution in [3.05, 3.63) is 59.2 Å². The third kappa shape index (κ3) is 4.83. The number of hydrogen-bond acceptors (Lipinski definition) is 3. The van der Waals surface area contributed by atoms with E-state index in [1.54, 1.807) is 24.3 Å². The lowest BCUT2D eigenvalue weighted by atomic mass is 10.1. The Labute approximate surface area is 147 Å². The van der Waals surface area contributed by atoms with E-state index in [-0.39, 0.29) is 18.4 Å². The Balaban J connectivity index is 1.56. The molecule has 1 saturated carbocycles. The van der Waals surface area contributed by atoms with E-state index in [0.717, 1.165) is 24.0 Å². The summed E-state index contributed by atoms with van der Waals surface area (Å²) in [6.07, 6.45) is 2.08. The summed E-state index contributed by atoms with van der Waals surface area (Å²) in [7, 11) is 0. The number of nitrogens with one attached hydrogen (secondary N) is 2. The van der Waals surface area contributed by atoms with Gasteiger partial charge in [0, 0.05) is 17.3 Å². The summed E-state index contributed by atoms with van der Waals surface area (Å²) >= 11 is 0. The predicted molar refractivity (Wildman–Crippen MR) is 97.0 cm³/mol. The highest BCUT2D eigenvalue weighted by Crippen LogP contribution is 2.20. The average molecular weight is 338 g/mol. The molecule has 2 aromatic carbocycles. The topological polar surface area (TPSA) is 67.4 Å². The fraction of sp³-hybridized carbons (Fsp3) is 0.300. The SMILES string of the molecule is Cc1ccc(OCC(=O)Nc2cccc(C(=O)NC3CC3)c2)c(C)c1. The summed E-state index contributed by atoms with van der Waals surface area (Å²) in [5.41, 5.74) is 3.26. The van der Waals surface area contributed by atoms with Crippen LogP contribution >= 0.6 is 0 Å². The first kappa shape index (κ1) is 17.0. The number of aryl methyl sites for hydroxylation is 2. The highest BCUT2D eigenvalue weighted by molar-refractivity contribution is 5.97. The van der Waals surface area contributed by atoms with E-state index in [9.17, 15) is 9.59 Å². The molecule has 0 atom stereocenters. The molecule has 0 saturated heterocycles. The summed E-state index contributed by atoms with van der Waals surface area (Å²) in [4.78, 5) is 24.2. The Morgan fingerprint density at radius 1 is 1.12 bits per heavy atom. The van der Waals surface area contributed by atoms with Crippen LogP contribution in [0.4, 0.5) is 5.69 Å². The molecule has 0 radical (unpaired) electrons. The number of anilines is 1. The molecule has 1 aliphatic carbocycles. The Morgan fingerprint density at radius 2 is 1.92 bits per heavy atom. The second-order valence-corrected chi connectivity index (χ2v) is 6.43. The first-order valence-corrected chi connectivity index (χ1v) is 8.42. The molecule has 0 aliphatic heterocycles. The molecule has 2 amide bonds. The van der Waals surface area contributed by atoms with E-state index in [1.807, 2.05) is 32.0 Å². The predicted octanol–water partition coefficient (Wildman–Crippen LogP) is 3.21. The number of carbonyl (C=O) groups excluding carboxylic acids is 2. The van der Waals surface area contributed by atoms with E-state index in [4.69, 9.17) is 4.74 Å². The Hall–Kier alpha value is -2.82. The molecule has 1 fully saturated rings. The molecule has 5 nitrogen and oxygen atoms in total. The zero-order valence-electron chi connectivity index (χ0n) is 14.5. The number of benzene rings is 2. The second kappa shape index (κ2) is 7.38. The van der Waals surface area contributed by atoms with Crippen molar-refractivity contribution in [1.82, 2.24) is 5.32 Å². The van der Waals surface area contributed by atoms with Crippen molar-refractivity contribution in [2.45, 2.75) is 32.7 Å². The molecule has 130 valence electrons. The largest absolute Gasteiger partial charge is 0.483 e. The molecule has 0 aromatic heterocycles. The van der Waals surface area contributed by atoms with Gasteiger partial charge in [0.1, 0.15) is 5.75 Å². The zero-order valence-corrected chi connectivity index (χ0v) is 14.5. The molecule has 2 N–H and O–H groups in total. The summed E-state index contributed by atoms with van der Waals surface area (Å²) in [5.74, 6) is 0.322. The van der Waals surface area contributed by atoms with Crippen molar-refractivity contribution in [3.8, 4) is 5.75 Å². The third-order valence-corrected chi connectivity index (χ3v) is 4.01. The molecule has 25 heavy (non-hydrogen) atoms. The lowest BCUT2D eigenvalue weighted by Crippen LogP contribution is -2.25. The number of ether oxygens (including phenoxy) is 1. The van der Waals surface area contributed by atoms with Crippen LogP contribution in [0.5, 0.6) is 5.75 Å². The van der Waals surface area contributed by atoms with E-state index in [2.05, 4.69) is 10.6 Å². The lowest BCUT2D eigenvalue weighted by Gasteiger charge is -2.11. The van der Waals surface area contributed by atoms with Crippen LogP contribution < -0.4 is 15.4 Å². The minimum absolute atomic E-state index is 0.0810. The molecule has 0 bridgehead atoms. The Morgan fingerprint density at radius 3 is 2.64 bits per heavy atom. The van der Waals surface area contributed by atoms with Gasteiger partial charge in [0.05, 0.1) is 0 Å². The lowest BCUT2D eigenvalue weighted by molar-refractivity contribution is -0.118. The fourth-order valence-electron chi connectivity index (χ4n) is 2.54. The summed E-state index contributed by atoms with van der Waals surface area (Å²) < 4.78 is 5.57. The van der Waals surface area contributed by atoms with Gasteiger partial charge in [0.2, 0.25) is 0 Å². The highest BCUT2D eigenvalue weighted by atomic mass is 16.5. The Kier molecular flexibility index (Phi) is 5.03. The van der Waals surface area contributed by atoms with E-state index >= 15 is 0 Å². The highest BCUT2D eigenvalue weighted by Gasteiger charge is 2.23. The Bertz CT molecular complexity index is 797. The van der Waals surface area contributed by atoms with Crippen molar-refractivity contribution in [1.29, 1.82) is 0 Å². The number of carbonyl (C=O) groups is 2. The van der Waals surface area contributed by atoms with Gasteiger partial charge >= 0.3 is 0 Å². The van der Waals surface area contributed by atoms with Gasteiger partial charge in [-0.25, -0.2) is 0 Å². The van der Waals surface area contributed by atoms with Crippen LogP contribution in [-0.4, -0.2) is 24.5 Å². The average Bonchev–Trinajstić information content (AvgIpc) is 3.38. The normalized spacial score (nSPS) is 13.2. The fourth-order valence-corrected chi connectivity index (χ4v) is 2.54. The number of rotatable bonds is 6. The molecule has 5 heteroatoms. The van der Waals surface area contributed by atoms with Gasteiger partial charge in [-0.15, -0.1) is 0 Å². The molecule has 3 rings (SSSR count). The van der Waals surface area contributed by atoms with Crippen LogP contribution in [0.2, 0.25) is 0 Å². The zero-order chi connectivity index (χ0) is 17.8. The first-order chi connectivity index (χ1) is 12.0. The monoisotopic (exact) mass is 338 g/mol. The minimum Gasteiger partial charge on any atom is -0.483 e. The van der Waals surface area contributed by atoms with Crippen molar-refractivity contribution in [2.24, 2.45) is 0 Å². The maximum Gasteiger partial charge on any atom is 0.262 e. The smallest absolute Gasteiger partial charge is 0.262 e. The molecule has 1 aliphatic rings. The summed E-state index contributed by atoms with van der Waals surface area (Å²) in [5, 5.41) is 5.70. The van der Waals surface area contributed by atoms with Crippen molar-refractivity contribution >= 4 is 17.5 Å². The number of amides is 2. The van der Waals surface area contributed by atoms with Crippen molar-refractivity contribution < 1.29 is 14.3 Å². The molecular weight excluding hydrogens is 316 g/mol. The standard InChI is InChI=1S/C20H22N2O3/c1-13-6-9-18(14(2)10-13)25-12-19(23)21-17-5-3-4-15(11-17)20(24)22-16-7-8-16/h3-6,9-11,16H,7-8,12H2,1-2H3,(H,21,23)(H,22,24). The van der Waals surface area contributed by atoms with Crippen LogP contribution in [0, 0.1) is 13.8 Å². The van der Waals surface area contributed by atoms with Gasteiger partial charge in [0.25, 0.3) is 11.8 Å². The molecule has 0 unspecified atom stereocenters. The van der Waals surface area contributed by atoms with Gasteiger partial charge < -0.3 is 15.4 Å². The van der Waals surface area contributed by atoms with Gasteiger partial charge in [-0.3, -0.25) is 9.59 Å². The van der Waals surface area contributed by atoms with E-state index < -0.39 is 0 Å². The molecule has 0 spiro atoms. The van der Waals surface area contributed by atoms with Gasteiger partial charge in [0.15, 0.2) is 6.61 Å². The number of hydrogen-bond donors (Lipinski definition) is 2. The van der Waals surface area contributed by atoms with Crippen molar-refractivity contribution in [3.63, 3.8) is 0 Å². The van der Waals surface area contributed by atoms with E-state index in [1.165, 1.54) is 0 Å². The molecular formula is C20H22N2O3. The maximum absolute atomic E-state index is 12.1. The van der Waals surface area contributed by atoms with Crippen molar-refractivity contribution in [2.75, 3.05) is 11.9 Å². The van der Waals surface area contributed by atoms with Gasteiger partial charge in [-0.1, -0.05) is 23.8 Å².